The third-order valence-corrected chi connectivity index (χ3v) is 4.04. The quantitative estimate of drug-likeness (QED) is 0.785. The summed E-state index contributed by atoms with van der Waals surface area (Å²) in [6, 6.07) is 12.8. The molecule has 0 aliphatic heterocycles. The maximum Gasteiger partial charge on any atom is 0.262 e. The second-order valence-corrected chi connectivity index (χ2v) is 6.07. The van der Waals surface area contributed by atoms with Gasteiger partial charge in [-0.3, -0.25) is 4.79 Å². The van der Waals surface area contributed by atoms with Crippen LogP contribution in [0.3, 0.4) is 0 Å². The molecule has 3 N–H and O–H groups in total. The molecule has 0 radical (unpaired) electrons. The summed E-state index contributed by atoms with van der Waals surface area (Å²) in [5, 5.41) is 2.76. The van der Waals surface area contributed by atoms with Crippen molar-refractivity contribution >= 4 is 43.5 Å². The second kappa shape index (κ2) is 7.59. The molecular weight excluding hydrogens is 400 g/mol. The van der Waals surface area contributed by atoms with Crippen LogP contribution < -0.4 is 15.8 Å². The van der Waals surface area contributed by atoms with Crippen molar-refractivity contribution in [2.45, 2.75) is 6.54 Å². The van der Waals surface area contributed by atoms with E-state index in [1.165, 1.54) is 0 Å². The molecule has 0 heterocycles. The first kappa shape index (κ1) is 16.0. The van der Waals surface area contributed by atoms with Crippen molar-refractivity contribution in [3.05, 3.63) is 57.0 Å². The van der Waals surface area contributed by atoms with Gasteiger partial charge in [0.25, 0.3) is 5.91 Å². The third-order valence-electron chi connectivity index (χ3n) is 2.74. The Kier molecular flexibility index (Phi) is 5.78. The Balaban J connectivity index is 1.90. The van der Waals surface area contributed by atoms with Gasteiger partial charge >= 0.3 is 0 Å². The van der Waals surface area contributed by atoms with Gasteiger partial charge in [0.15, 0.2) is 6.61 Å². The molecule has 4 nitrogen and oxygen atoms in total. The van der Waals surface area contributed by atoms with Crippen molar-refractivity contribution < 1.29 is 9.53 Å². The van der Waals surface area contributed by atoms with Gasteiger partial charge in [0.2, 0.25) is 0 Å². The first-order valence-corrected chi connectivity index (χ1v) is 7.84. The van der Waals surface area contributed by atoms with Crippen LogP contribution in [0, 0.1) is 0 Å². The number of hydrogen-bond acceptors (Lipinski definition) is 3. The van der Waals surface area contributed by atoms with Crippen LogP contribution in [0.25, 0.3) is 0 Å². The molecule has 0 aliphatic carbocycles. The highest BCUT2D eigenvalue weighted by atomic mass is 79.9. The van der Waals surface area contributed by atoms with Gasteiger partial charge in [0.1, 0.15) is 5.75 Å². The zero-order valence-corrected chi connectivity index (χ0v) is 14.3. The number of nitrogens with two attached hydrogens (primary N) is 1. The van der Waals surface area contributed by atoms with Crippen molar-refractivity contribution in [3.63, 3.8) is 0 Å². The lowest BCUT2D eigenvalue weighted by Crippen LogP contribution is -2.20. The van der Waals surface area contributed by atoms with Gasteiger partial charge in [0, 0.05) is 21.2 Å². The molecule has 0 saturated heterocycles. The summed E-state index contributed by atoms with van der Waals surface area (Å²) in [6.07, 6.45) is 0. The van der Waals surface area contributed by atoms with Crippen molar-refractivity contribution in [3.8, 4) is 5.75 Å². The fourth-order valence-electron chi connectivity index (χ4n) is 1.68. The molecule has 0 aliphatic rings. The van der Waals surface area contributed by atoms with Gasteiger partial charge in [-0.15, -0.1) is 0 Å². The molecule has 0 bridgehead atoms. The van der Waals surface area contributed by atoms with Crippen molar-refractivity contribution in [1.82, 2.24) is 0 Å². The molecule has 0 atom stereocenters. The lowest BCUT2D eigenvalue weighted by atomic mass is 10.2. The van der Waals surface area contributed by atoms with Gasteiger partial charge in [0.05, 0.1) is 0 Å². The fraction of sp³-hybridized carbons (Fsp3) is 0.133. The standard InChI is InChI=1S/C15H14Br2N2O2/c16-11-1-3-12(4-2-11)19-15(20)9-21-13-5-6-14(17)10(7-13)8-18/h1-7H,8-9,18H2,(H,19,20). The van der Waals surface area contributed by atoms with E-state index in [4.69, 9.17) is 10.5 Å². The predicted molar refractivity (Wildman–Crippen MR) is 90.3 cm³/mol. The minimum absolute atomic E-state index is 0.0539. The number of hydrogen-bond donors (Lipinski definition) is 2. The minimum atomic E-state index is -0.213. The van der Waals surface area contributed by atoms with E-state index in [2.05, 4.69) is 37.2 Å². The summed E-state index contributed by atoms with van der Waals surface area (Å²) in [7, 11) is 0. The third kappa shape index (κ3) is 4.84. The normalized spacial score (nSPS) is 10.2. The van der Waals surface area contributed by atoms with Gasteiger partial charge in [-0.25, -0.2) is 0 Å². The van der Waals surface area contributed by atoms with Gasteiger partial charge in [-0.1, -0.05) is 31.9 Å². The number of ether oxygens (including phenoxy) is 1. The Hall–Kier alpha value is -1.37. The molecule has 21 heavy (non-hydrogen) atoms. The smallest absolute Gasteiger partial charge is 0.262 e. The Morgan fingerprint density at radius 3 is 2.52 bits per heavy atom. The first-order valence-electron chi connectivity index (χ1n) is 6.25. The SMILES string of the molecule is NCc1cc(OCC(=O)Nc2ccc(Br)cc2)ccc1Br. The highest BCUT2D eigenvalue weighted by Crippen LogP contribution is 2.22. The number of carbonyl (C=O) groups excluding carboxylic acids is 1. The van der Waals surface area contributed by atoms with Crippen LogP contribution in [0.5, 0.6) is 5.75 Å². The van der Waals surface area contributed by atoms with E-state index in [-0.39, 0.29) is 12.5 Å². The van der Waals surface area contributed by atoms with Crippen LogP contribution in [0.1, 0.15) is 5.56 Å². The van der Waals surface area contributed by atoms with Gasteiger partial charge < -0.3 is 15.8 Å². The molecule has 1 amide bonds. The van der Waals surface area contributed by atoms with Crippen LogP contribution in [-0.4, -0.2) is 12.5 Å². The number of carbonyl (C=O) groups is 1. The number of anilines is 1. The maximum atomic E-state index is 11.8. The Morgan fingerprint density at radius 1 is 1.14 bits per heavy atom. The summed E-state index contributed by atoms with van der Waals surface area (Å²) >= 11 is 6.74. The number of nitrogens with one attached hydrogen (secondary N) is 1. The van der Waals surface area contributed by atoms with E-state index in [1.807, 2.05) is 36.4 Å². The molecular formula is C15H14Br2N2O2. The average molecular weight is 414 g/mol. The zero-order valence-electron chi connectivity index (χ0n) is 11.1. The number of amides is 1. The van der Waals surface area contributed by atoms with Gasteiger partial charge in [-0.05, 0) is 48.0 Å². The molecule has 0 unspecified atom stereocenters. The molecule has 2 aromatic rings. The summed E-state index contributed by atoms with van der Waals surface area (Å²) in [5.74, 6) is 0.402. The summed E-state index contributed by atoms with van der Waals surface area (Å²) in [4.78, 5) is 11.8. The van der Waals surface area contributed by atoms with Crippen LogP contribution >= 0.6 is 31.9 Å². The molecule has 0 saturated carbocycles. The maximum absolute atomic E-state index is 11.8. The number of halogens is 2. The van der Waals surface area contributed by atoms with E-state index in [9.17, 15) is 4.79 Å². The molecule has 2 aromatic carbocycles. The fourth-order valence-corrected chi connectivity index (χ4v) is 2.35. The van der Waals surface area contributed by atoms with Crippen molar-refractivity contribution in [2.24, 2.45) is 5.73 Å². The number of rotatable bonds is 5. The van der Waals surface area contributed by atoms with E-state index in [0.717, 1.165) is 20.2 Å². The van der Waals surface area contributed by atoms with E-state index >= 15 is 0 Å². The average Bonchev–Trinajstić information content (AvgIpc) is 2.49. The van der Waals surface area contributed by atoms with Crippen LogP contribution in [0.4, 0.5) is 5.69 Å². The monoisotopic (exact) mass is 412 g/mol. The lowest BCUT2D eigenvalue weighted by molar-refractivity contribution is -0.118. The van der Waals surface area contributed by atoms with Gasteiger partial charge in [-0.2, -0.15) is 0 Å². The van der Waals surface area contributed by atoms with E-state index in [1.54, 1.807) is 6.07 Å². The minimum Gasteiger partial charge on any atom is -0.484 e. The van der Waals surface area contributed by atoms with E-state index < -0.39 is 0 Å². The number of benzene rings is 2. The molecule has 0 aromatic heterocycles. The molecule has 2 rings (SSSR count). The van der Waals surface area contributed by atoms with Crippen LogP contribution in [0.15, 0.2) is 51.4 Å². The van der Waals surface area contributed by atoms with Crippen LogP contribution in [-0.2, 0) is 11.3 Å². The van der Waals surface area contributed by atoms with E-state index in [0.29, 0.717) is 12.3 Å². The topological polar surface area (TPSA) is 64.3 Å². The predicted octanol–water partition coefficient (Wildman–Crippen LogP) is 3.69. The highest BCUT2D eigenvalue weighted by Gasteiger charge is 2.05. The second-order valence-electron chi connectivity index (χ2n) is 4.30. The zero-order chi connectivity index (χ0) is 15.2. The van der Waals surface area contributed by atoms with Crippen molar-refractivity contribution in [2.75, 3.05) is 11.9 Å². The lowest BCUT2D eigenvalue weighted by Gasteiger charge is -2.09. The molecule has 110 valence electrons. The van der Waals surface area contributed by atoms with Crippen molar-refractivity contribution in [1.29, 1.82) is 0 Å². The first-order chi connectivity index (χ1) is 10.1. The summed E-state index contributed by atoms with van der Waals surface area (Å²) < 4.78 is 7.35. The van der Waals surface area contributed by atoms with Crippen LogP contribution in [0.2, 0.25) is 0 Å². The molecule has 6 heteroatoms. The largest absolute Gasteiger partial charge is 0.484 e. The Bertz CT molecular complexity index is 630. The Morgan fingerprint density at radius 2 is 1.86 bits per heavy atom. The molecule has 0 spiro atoms. The molecule has 0 fully saturated rings. The highest BCUT2D eigenvalue weighted by molar-refractivity contribution is 9.10. The summed E-state index contributed by atoms with van der Waals surface area (Å²) in [5.41, 5.74) is 7.28. The Labute approximate surface area is 139 Å². The summed E-state index contributed by atoms with van der Waals surface area (Å²) in [6.45, 7) is 0.352.